The second kappa shape index (κ2) is 5.43. The third kappa shape index (κ3) is 3.04. The van der Waals surface area contributed by atoms with Gasteiger partial charge in [0.05, 0.1) is 6.20 Å². The van der Waals surface area contributed by atoms with Gasteiger partial charge in [-0.05, 0) is 43.2 Å². The highest BCUT2D eigenvalue weighted by atomic mass is 35.5. The fourth-order valence-electron chi connectivity index (χ4n) is 2.28. The molecule has 1 aromatic heterocycles. The van der Waals surface area contributed by atoms with E-state index in [0.717, 1.165) is 11.7 Å². The molecule has 0 unspecified atom stereocenters. The van der Waals surface area contributed by atoms with Gasteiger partial charge in [0.25, 0.3) is 0 Å². The average molecular weight is 241 g/mol. The molecule has 2 rings (SSSR count). The Morgan fingerprint density at radius 2 is 2.12 bits per heavy atom. The number of anilines is 1. The van der Waals surface area contributed by atoms with Crippen LogP contribution in [0.15, 0.2) is 6.20 Å². The maximum absolute atomic E-state index is 5.68. The second-order valence-corrected chi connectivity index (χ2v) is 4.72. The number of nitrogens with one attached hydrogen (secondary N) is 1. The molecular weight excluding hydrogens is 224 g/mol. The van der Waals surface area contributed by atoms with Crippen LogP contribution in [0.2, 0.25) is 5.28 Å². The van der Waals surface area contributed by atoms with Crippen LogP contribution in [-0.4, -0.2) is 21.2 Å². The van der Waals surface area contributed by atoms with Crippen LogP contribution in [0.25, 0.3) is 0 Å². The first-order valence-electron chi connectivity index (χ1n) is 5.89. The molecule has 0 aliphatic heterocycles. The molecule has 0 radical (unpaired) electrons. The summed E-state index contributed by atoms with van der Waals surface area (Å²) in [6.07, 6.45) is 7.95. The van der Waals surface area contributed by atoms with Gasteiger partial charge in [0.1, 0.15) is 5.82 Å². The summed E-state index contributed by atoms with van der Waals surface area (Å²) in [6.45, 7) is 2.27. The van der Waals surface area contributed by atoms with E-state index in [-0.39, 0.29) is 5.28 Å². The van der Waals surface area contributed by atoms with Crippen molar-refractivity contribution in [2.75, 3.05) is 5.32 Å². The molecule has 0 atom stereocenters. The molecule has 0 spiro atoms. The van der Waals surface area contributed by atoms with Crippen LogP contribution in [-0.2, 0) is 0 Å². The molecule has 5 heteroatoms. The SMILES string of the molecule is CCC1CCC(Nc2cnnc(Cl)n2)CC1. The molecule has 1 aromatic rings. The predicted molar refractivity (Wildman–Crippen MR) is 64.5 cm³/mol. The van der Waals surface area contributed by atoms with E-state index in [1.165, 1.54) is 32.1 Å². The van der Waals surface area contributed by atoms with Crippen LogP contribution >= 0.6 is 11.6 Å². The Balaban J connectivity index is 1.87. The minimum atomic E-state index is 0.201. The van der Waals surface area contributed by atoms with Crippen molar-refractivity contribution in [1.82, 2.24) is 15.2 Å². The van der Waals surface area contributed by atoms with E-state index in [1.807, 2.05) is 0 Å². The lowest BCUT2D eigenvalue weighted by atomic mass is 9.84. The van der Waals surface area contributed by atoms with E-state index in [2.05, 4.69) is 27.4 Å². The van der Waals surface area contributed by atoms with E-state index in [1.54, 1.807) is 6.20 Å². The Morgan fingerprint density at radius 3 is 2.75 bits per heavy atom. The van der Waals surface area contributed by atoms with Crippen molar-refractivity contribution in [1.29, 1.82) is 0 Å². The van der Waals surface area contributed by atoms with Crippen LogP contribution in [0.5, 0.6) is 0 Å². The van der Waals surface area contributed by atoms with Crippen LogP contribution < -0.4 is 5.32 Å². The van der Waals surface area contributed by atoms with Gasteiger partial charge >= 0.3 is 0 Å². The van der Waals surface area contributed by atoms with Crippen LogP contribution in [0.4, 0.5) is 5.82 Å². The number of hydrogen-bond donors (Lipinski definition) is 1. The van der Waals surface area contributed by atoms with E-state index in [0.29, 0.717) is 6.04 Å². The fourth-order valence-corrected chi connectivity index (χ4v) is 2.41. The van der Waals surface area contributed by atoms with Crippen molar-refractivity contribution in [3.63, 3.8) is 0 Å². The third-order valence-corrected chi connectivity index (χ3v) is 3.47. The van der Waals surface area contributed by atoms with Crippen molar-refractivity contribution < 1.29 is 0 Å². The van der Waals surface area contributed by atoms with Gasteiger partial charge in [0, 0.05) is 6.04 Å². The summed E-state index contributed by atoms with van der Waals surface area (Å²) in [5.74, 6) is 1.64. The summed E-state index contributed by atoms with van der Waals surface area (Å²) in [7, 11) is 0. The highest BCUT2D eigenvalue weighted by Crippen LogP contribution is 2.27. The summed E-state index contributed by atoms with van der Waals surface area (Å²) in [4.78, 5) is 4.09. The summed E-state index contributed by atoms with van der Waals surface area (Å²) < 4.78 is 0. The minimum absolute atomic E-state index is 0.201. The Bertz CT molecular complexity index is 337. The van der Waals surface area contributed by atoms with Gasteiger partial charge in [0.2, 0.25) is 5.28 Å². The Kier molecular flexibility index (Phi) is 3.93. The first kappa shape index (κ1) is 11.6. The van der Waals surface area contributed by atoms with E-state index in [4.69, 9.17) is 11.6 Å². The Morgan fingerprint density at radius 1 is 1.38 bits per heavy atom. The molecule has 1 saturated carbocycles. The van der Waals surface area contributed by atoms with Gasteiger partial charge in [-0.2, -0.15) is 10.1 Å². The number of nitrogens with zero attached hydrogens (tertiary/aromatic N) is 3. The first-order valence-corrected chi connectivity index (χ1v) is 6.27. The average Bonchev–Trinajstić information content (AvgIpc) is 2.30. The van der Waals surface area contributed by atoms with Gasteiger partial charge in [0.15, 0.2) is 0 Å². The zero-order chi connectivity index (χ0) is 11.4. The maximum Gasteiger partial charge on any atom is 0.244 e. The first-order chi connectivity index (χ1) is 7.78. The molecule has 1 aliphatic carbocycles. The fraction of sp³-hybridized carbons (Fsp3) is 0.727. The molecular formula is C11H17ClN4. The van der Waals surface area contributed by atoms with Gasteiger partial charge in [-0.3, -0.25) is 0 Å². The van der Waals surface area contributed by atoms with E-state index in [9.17, 15) is 0 Å². The summed E-state index contributed by atoms with van der Waals surface area (Å²) >= 11 is 5.68. The lowest BCUT2D eigenvalue weighted by Crippen LogP contribution is -2.26. The summed E-state index contributed by atoms with van der Waals surface area (Å²) in [5, 5.41) is 11.0. The van der Waals surface area contributed by atoms with Crippen molar-refractivity contribution in [3.8, 4) is 0 Å². The van der Waals surface area contributed by atoms with Crippen LogP contribution in [0.3, 0.4) is 0 Å². The Hall–Kier alpha value is -0.900. The largest absolute Gasteiger partial charge is 0.366 e. The van der Waals surface area contributed by atoms with Gasteiger partial charge in [-0.1, -0.05) is 13.3 Å². The zero-order valence-electron chi connectivity index (χ0n) is 9.49. The molecule has 1 N–H and O–H groups in total. The van der Waals surface area contributed by atoms with Crippen molar-refractivity contribution in [3.05, 3.63) is 11.5 Å². The van der Waals surface area contributed by atoms with Crippen LogP contribution in [0, 0.1) is 5.92 Å². The number of halogens is 1. The molecule has 0 amide bonds. The summed E-state index contributed by atoms with van der Waals surface area (Å²) in [5.41, 5.74) is 0. The quantitative estimate of drug-likeness (QED) is 0.883. The van der Waals surface area contributed by atoms with E-state index >= 15 is 0 Å². The second-order valence-electron chi connectivity index (χ2n) is 4.38. The molecule has 1 aliphatic rings. The molecule has 16 heavy (non-hydrogen) atoms. The molecule has 0 aromatic carbocycles. The molecule has 0 saturated heterocycles. The van der Waals surface area contributed by atoms with Crippen molar-refractivity contribution in [2.45, 2.75) is 45.1 Å². The molecule has 1 heterocycles. The Labute approximate surface area is 101 Å². The monoisotopic (exact) mass is 240 g/mol. The van der Waals surface area contributed by atoms with E-state index < -0.39 is 0 Å². The number of hydrogen-bond acceptors (Lipinski definition) is 4. The molecule has 1 fully saturated rings. The molecule has 88 valence electrons. The maximum atomic E-state index is 5.68. The third-order valence-electron chi connectivity index (χ3n) is 3.31. The minimum Gasteiger partial charge on any atom is -0.366 e. The molecule has 4 nitrogen and oxygen atoms in total. The van der Waals surface area contributed by atoms with Crippen molar-refractivity contribution >= 4 is 17.4 Å². The van der Waals surface area contributed by atoms with Crippen LogP contribution in [0.1, 0.15) is 39.0 Å². The smallest absolute Gasteiger partial charge is 0.244 e. The summed E-state index contributed by atoms with van der Waals surface area (Å²) in [6, 6.07) is 0.510. The highest BCUT2D eigenvalue weighted by Gasteiger charge is 2.20. The highest BCUT2D eigenvalue weighted by molar-refractivity contribution is 6.28. The van der Waals surface area contributed by atoms with Crippen molar-refractivity contribution in [2.24, 2.45) is 5.92 Å². The topological polar surface area (TPSA) is 50.7 Å². The normalized spacial score (nSPS) is 25.4. The van der Waals surface area contributed by atoms with Gasteiger partial charge in [-0.25, -0.2) is 0 Å². The lowest BCUT2D eigenvalue weighted by Gasteiger charge is -2.28. The van der Waals surface area contributed by atoms with Gasteiger partial charge in [-0.15, -0.1) is 5.10 Å². The number of rotatable bonds is 3. The molecule has 0 bridgehead atoms. The standard InChI is InChI=1S/C11H17ClN4/c1-2-8-3-5-9(6-4-8)14-10-7-13-16-11(12)15-10/h7-9H,2-6H2,1H3,(H,14,15,16). The number of aromatic nitrogens is 3. The predicted octanol–water partition coefficient (Wildman–Crippen LogP) is 2.91. The lowest BCUT2D eigenvalue weighted by molar-refractivity contribution is 0.330. The zero-order valence-corrected chi connectivity index (χ0v) is 10.2. The van der Waals surface area contributed by atoms with Gasteiger partial charge < -0.3 is 5.32 Å².